The Hall–Kier alpha value is -1.02. The lowest BCUT2D eigenvalue weighted by Crippen LogP contribution is -2.21. The maximum Gasteiger partial charge on any atom is 0.0796 e. The lowest BCUT2D eigenvalue weighted by molar-refractivity contribution is 0.0133. The van der Waals surface area contributed by atoms with E-state index >= 15 is 0 Å². The summed E-state index contributed by atoms with van der Waals surface area (Å²) in [7, 11) is 0. The molecule has 0 amide bonds. The fraction of sp³-hybridized carbons (Fsp3) is 0.857. The predicted octanol–water partition coefficient (Wildman–Crippen LogP) is 0.882. The zero-order valence-corrected chi connectivity index (χ0v) is 13.2. The third-order valence-corrected chi connectivity index (χ3v) is 2.71. The van der Waals surface area contributed by atoms with Gasteiger partial charge in [0.2, 0.25) is 0 Å². The highest BCUT2D eigenvalue weighted by Crippen LogP contribution is 1.89. The van der Waals surface area contributed by atoms with E-state index in [1.54, 1.807) is 4.68 Å². The summed E-state index contributed by atoms with van der Waals surface area (Å²) in [4.78, 5) is 0. The second-order valence-electron chi connectivity index (χ2n) is 4.71. The van der Waals surface area contributed by atoms with Crippen molar-refractivity contribution in [3.63, 3.8) is 0 Å². The number of aromatic nitrogens is 3. The quantitative estimate of drug-likeness (QED) is 0.515. The summed E-state index contributed by atoms with van der Waals surface area (Å²) in [6.07, 6.45) is 3.05. The normalized spacial score (nSPS) is 11.1. The van der Waals surface area contributed by atoms with E-state index in [0.29, 0.717) is 39.6 Å². The average molecular weight is 302 g/mol. The monoisotopic (exact) mass is 302 g/mol. The molecule has 0 aliphatic heterocycles. The summed E-state index contributed by atoms with van der Waals surface area (Å²) in [5.41, 5.74) is 0.920. The molecule has 7 nitrogen and oxygen atoms in total. The predicted molar refractivity (Wildman–Crippen MR) is 82.5 cm³/mol. The second kappa shape index (κ2) is 12.7. The van der Waals surface area contributed by atoms with Crippen molar-refractivity contribution < 1.29 is 15.6 Å². The van der Waals surface area contributed by atoms with Gasteiger partial charge in [0.25, 0.3) is 0 Å². The Morgan fingerprint density at radius 1 is 1.05 bits per heavy atom. The lowest BCUT2D eigenvalue weighted by Gasteiger charge is -2.07. The van der Waals surface area contributed by atoms with E-state index in [9.17, 15) is 0 Å². The molecule has 0 saturated carbocycles. The fourth-order valence-electron chi connectivity index (χ4n) is 1.65. The molecule has 1 heterocycles. The van der Waals surface area contributed by atoms with Crippen molar-refractivity contribution in [2.24, 2.45) is 0 Å². The second-order valence-corrected chi connectivity index (χ2v) is 4.71. The fourth-order valence-corrected chi connectivity index (χ4v) is 1.65. The van der Waals surface area contributed by atoms with Crippen LogP contribution >= 0.6 is 0 Å². The van der Waals surface area contributed by atoms with Gasteiger partial charge in [-0.15, -0.1) is 5.10 Å². The van der Waals surface area contributed by atoms with Gasteiger partial charge in [0.15, 0.2) is 0 Å². The van der Waals surface area contributed by atoms with Crippen molar-refractivity contribution in [2.45, 2.75) is 26.8 Å². The first-order chi connectivity index (χ1) is 10.3. The molecule has 0 aliphatic carbocycles. The SMILES string of the molecule is CCCNCCOCCOCCOCCn1cc(C)nn1.[HH]. The summed E-state index contributed by atoms with van der Waals surface area (Å²) in [6.45, 7) is 10.5. The molecule has 0 aromatic carbocycles. The summed E-state index contributed by atoms with van der Waals surface area (Å²) < 4.78 is 18.1. The molecule has 1 rings (SSSR count). The van der Waals surface area contributed by atoms with Gasteiger partial charge >= 0.3 is 0 Å². The number of ether oxygens (including phenoxy) is 3. The minimum atomic E-state index is 0. The minimum Gasteiger partial charge on any atom is -0.378 e. The molecule has 0 saturated heterocycles. The highest BCUT2D eigenvalue weighted by atomic mass is 16.5. The Balaban J connectivity index is 0.00000441. The number of nitrogens with one attached hydrogen (secondary N) is 1. The van der Waals surface area contributed by atoms with Crippen molar-refractivity contribution in [1.82, 2.24) is 20.3 Å². The van der Waals surface area contributed by atoms with Crippen molar-refractivity contribution in [3.8, 4) is 0 Å². The molecule has 0 aliphatic rings. The number of hydrogen-bond acceptors (Lipinski definition) is 6. The van der Waals surface area contributed by atoms with Crippen LogP contribution in [0.3, 0.4) is 0 Å². The van der Waals surface area contributed by atoms with Crippen LogP contribution in [0.5, 0.6) is 0 Å². The average Bonchev–Trinajstić information content (AvgIpc) is 2.89. The summed E-state index contributed by atoms with van der Waals surface area (Å²) >= 11 is 0. The largest absolute Gasteiger partial charge is 0.378 e. The molecule has 124 valence electrons. The molecule has 21 heavy (non-hydrogen) atoms. The molecule has 0 spiro atoms. The number of aryl methyl sites for hydroxylation is 1. The Bertz CT molecular complexity index is 353. The first-order valence-electron chi connectivity index (χ1n) is 7.63. The molecule has 0 atom stereocenters. The van der Waals surface area contributed by atoms with Crippen LogP contribution in [0.4, 0.5) is 0 Å². The number of hydrogen-bond donors (Lipinski definition) is 1. The van der Waals surface area contributed by atoms with Crippen LogP contribution in [0.15, 0.2) is 6.20 Å². The number of nitrogens with zero attached hydrogens (tertiary/aromatic N) is 3. The molecule has 7 heteroatoms. The Morgan fingerprint density at radius 2 is 1.71 bits per heavy atom. The van der Waals surface area contributed by atoms with Crippen molar-refractivity contribution in [3.05, 3.63) is 11.9 Å². The molecule has 0 unspecified atom stereocenters. The van der Waals surface area contributed by atoms with E-state index in [2.05, 4.69) is 22.6 Å². The summed E-state index contributed by atoms with van der Waals surface area (Å²) in [5.74, 6) is 0. The topological polar surface area (TPSA) is 70.4 Å². The summed E-state index contributed by atoms with van der Waals surface area (Å²) in [6, 6.07) is 0. The van der Waals surface area contributed by atoms with Gasteiger partial charge < -0.3 is 19.5 Å². The molecule has 0 radical (unpaired) electrons. The van der Waals surface area contributed by atoms with E-state index in [4.69, 9.17) is 14.2 Å². The maximum absolute atomic E-state index is 5.45. The van der Waals surface area contributed by atoms with Crippen LogP contribution in [0.25, 0.3) is 0 Å². The first-order valence-corrected chi connectivity index (χ1v) is 7.63. The van der Waals surface area contributed by atoms with Gasteiger partial charge in [0.05, 0.1) is 51.9 Å². The van der Waals surface area contributed by atoms with E-state index in [1.807, 2.05) is 13.1 Å². The Morgan fingerprint density at radius 3 is 2.33 bits per heavy atom. The number of rotatable bonds is 14. The molecule has 1 aromatic heterocycles. The molecular formula is C14H30N4O3. The van der Waals surface area contributed by atoms with Gasteiger partial charge in [-0.2, -0.15) is 0 Å². The van der Waals surface area contributed by atoms with E-state index < -0.39 is 0 Å². The Kier molecular flexibility index (Phi) is 10.9. The highest BCUT2D eigenvalue weighted by Gasteiger charge is 1.96. The van der Waals surface area contributed by atoms with Gasteiger partial charge in [-0.05, 0) is 19.9 Å². The van der Waals surface area contributed by atoms with Crippen molar-refractivity contribution in [2.75, 3.05) is 52.7 Å². The molecular weight excluding hydrogens is 272 g/mol. The maximum atomic E-state index is 5.45. The minimum absolute atomic E-state index is 0. The summed E-state index contributed by atoms with van der Waals surface area (Å²) in [5, 5.41) is 11.1. The van der Waals surface area contributed by atoms with Crippen molar-refractivity contribution in [1.29, 1.82) is 0 Å². The van der Waals surface area contributed by atoms with E-state index in [0.717, 1.165) is 31.8 Å². The third-order valence-electron chi connectivity index (χ3n) is 2.71. The van der Waals surface area contributed by atoms with Crippen LogP contribution < -0.4 is 5.32 Å². The van der Waals surface area contributed by atoms with Crippen LogP contribution in [0.2, 0.25) is 0 Å². The molecule has 0 bridgehead atoms. The zero-order valence-electron chi connectivity index (χ0n) is 13.2. The van der Waals surface area contributed by atoms with Gasteiger partial charge in [0.1, 0.15) is 0 Å². The highest BCUT2D eigenvalue weighted by molar-refractivity contribution is 4.86. The van der Waals surface area contributed by atoms with Crippen LogP contribution in [-0.2, 0) is 20.8 Å². The standard InChI is InChI=1S/C14H28N4O3.H2/c1-3-4-15-5-7-19-9-11-21-12-10-20-8-6-18-13-14(2)16-17-18;/h13,15H,3-12H2,1-2H3;1H. The van der Waals surface area contributed by atoms with Gasteiger partial charge in [-0.25, -0.2) is 4.68 Å². The van der Waals surface area contributed by atoms with Gasteiger partial charge in [0, 0.05) is 14.2 Å². The van der Waals surface area contributed by atoms with E-state index in [1.165, 1.54) is 0 Å². The molecule has 0 fully saturated rings. The van der Waals surface area contributed by atoms with Crippen LogP contribution in [0.1, 0.15) is 20.5 Å². The molecule has 1 N–H and O–H groups in total. The van der Waals surface area contributed by atoms with Crippen LogP contribution in [-0.4, -0.2) is 67.7 Å². The Labute approximate surface area is 128 Å². The molecule has 1 aromatic rings. The van der Waals surface area contributed by atoms with Crippen LogP contribution in [0, 0.1) is 6.92 Å². The van der Waals surface area contributed by atoms with Gasteiger partial charge in [-0.3, -0.25) is 0 Å². The van der Waals surface area contributed by atoms with Gasteiger partial charge in [-0.1, -0.05) is 12.1 Å². The van der Waals surface area contributed by atoms with E-state index in [-0.39, 0.29) is 1.43 Å². The van der Waals surface area contributed by atoms with Crippen molar-refractivity contribution >= 4 is 0 Å². The zero-order chi connectivity index (χ0) is 15.2. The third kappa shape index (κ3) is 10.4. The first kappa shape index (κ1) is 18.0. The smallest absolute Gasteiger partial charge is 0.0796 e. The lowest BCUT2D eigenvalue weighted by atomic mass is 10.5.